The molecule has 0 radical (unpaired) electrons. The first kappa shape index (κ1) is 21.2. The van der Waals surface area contributed by atoms with E-state index >= 15 is 0 Å². The molecule has 0 spiro atoms. The molecule has 0 aromatic carbocycles. The standard InChI is InChI=1S/C16H29NO6/c1-5-9-13(12-15(19)22-7-3)17(16(20)23-8-4)11-10-14(18)21-6-2/h13H,5-12H2,1-4H3/t13-/m1/s1. The third kappa shape index (κ3) is 9.05. The van der Waals surface area contributed by atoms with Crippen molar-refractivity contribution in [2.24, 2.45) is 0 Å². The number of amides is 1. The summed E-state index contributed by atoms with van der Waals surface area (Å²) in [6.45, 7) is 8.10. The van der Waals surface area contributed by atoms with Crippen molar-refractivity contribution in [2.45, 2.75) is 59.4 Å². The molecule has 0 rings (SSSR count). The van der Waals surface area contributed by atoms with Gasteiger partial charge in [0.25, 0.3) is 0 Å². The Labute approximate surface area is 138 Å². The minimum absolute atomic E-state index is 0.0652. The molecule has 0 aliphatic carbocycles. The van der Waals surface area contributed by atoms with Crippen LogP contribution in [-0.2, 0) is 23.8 Å². The largest absolute Gasteiger partial charge is 0.466 e. The van der Waals surface area contributed by atoms with Crippen LogP contribution in [0.25, 0.3) is 0 Å². The van der Waals surface area contributed by atoms with Gasteiger partial charge in [0, 0.05) is 12.6 Å². The third-order valence-corrected chi connectivity index (χ3v) is 3.13. The zero-order valence-corrected chi connectivity index (χ0v) is 14.6. The van der Waals surface area contributed by atoms with E-state index in [1.54, 1.807) is 20.8 Å². The van der Waals surface area contributed by atoms with Gasteiger partial charge >= 0.3 is 18.0 Å². The first-order valence-electron chi connectivity index (χ1n) is 8.24. The Morgan fingerprint density at radius 2 is 1.43 bits per heavy atom. The highest BCUT2D eigenvalue weighted by Gasteiger charge is 2.27. The molecule has 1 atom stereocenters. The second-order valence-electron chi connectivity index (χ2n) is 4.90. The number of hydrogen-bond acceptors (Lipinski definition) is 6. The summed E-state index contributed by atoms with van der Waals surface area (Å²) in [6.07, 6.45) is 1.04. The number of carbonyl (C=O) groups excluding carboxylic acids is 3. The van der Waals surface area contributed by atoms with Crippen molar-refractivity contribution in [3.63, 3.8) is 0 Å². The first-order chi connectivity index (χ1) is 11.0. The van der Waals surface area contributed by atoms with Crippen molar-refractivity contribution < 1.29 is 28.6 Å². The van der Waals surface area contributed by atoms with Crippen molar-refractivity contribution in [2.75, 3.05) is 26.4 Å². The van der Waals surface area contributed by atoms with Crippen LogP contribution < -0.4 is 0 Å². The van der Waals surface area contributed by atoms with Crippen LogP contribution in [0.15, 0.2) is 0 Å². The fourth-order valence-corrected chi connectivity index (χ4v) is 2.19. The van der Waals surface area contributed by atoms with Crippen molar-refractivity contribution in [1.29, 1.82) is 0 Å². The fourth-order valence-electron chi connectivity index (χ4n) is 2.19. The van der Waals surface area contributed by atoms with Gasteiger partial charge in [-0.2, -0.15) is 0 Å². The van der Waals surface area contributed by atoms with Crippen LogP contribution in [-0.4, -0.2) is 55.3 Å². The molecule has 23 heavy (non-hydrogen) atoms. The number of nitrogens with zero attached hydrogens (tertiary/aromatic N) is 1. The normalized spacial score (nSPS) is 11.5. The average molecular weight is 331 g/mol. The topological polar surface area (TPSA) is 82.1 Å². The van der Waals surface area contributed by atoms with Crippen molar-refractivity contribution in [3.05, 3.63) is 0 Å². The van der Waals surface area contributed by atoms with Crippen molar-refractivity contribution >= 4 is 18.0 Å². The predicted octanol–water partition coefficient (Wildman–Crippen LogP) is 2.52. The fraction of sp³-hybridized carbons (Fsp3) is 0.812. The molecule has 0 saturated carbocycles. The highest BCUT2D eigenvalue weighted by molar-refractivity contribution is 5.74. The lowest BCUT2D eigenvalue weighted by molar-refractivity contribution is -0.144. The van der Waals surface area contributed by atoms with Crippen LogP contribution in [0, 0.1) is 0 Å². The van der Waals surface area contributed by atoms with Crippen LogP contribution in [0.3, 0.4) is 0 Å². The van der Waals surface area contributed by atoms with Crippen molar-refractivity contribution in [1.82, 2.24) is 4.90 Å². The molecule has 1 amide bonds. The SMILES string of the molecule is CCC[C@H](CC(=O)OCC)N(CCC(=O)OCC)C(=O)OCC. The van der Waals surface area contributed by atoms with E-state index in [4.69, 9.17) is 14.2 Å². The molecule has 0 fully saturated rings. The van der Waals surface area contributed by atoms with Gasteiger partial charge in [-0.15, -0.1) is 0 Å². The quantitative estimate of drug-likeness (QED) is 0.427. The zero-order chi connectivity index (χ0) is 17.7. The van der Waals surface area contributed by atoms with E-state index in [2.05, 4.69) is 0 Å². The molecule has 0 saturated heterocycles. The van der Waals surface area contributed by atoms with E-state index in [1.165, 1.54) is 4.90 Å². The van der Waals surface area contributed by atoms with E-state index < -0.39 is 6.09 Å². The summed E-state index contributed by atoms with van der Waals surface area (Å²) in [7, 11) is 0. The second kappa shape index (κ2) is 12.7. The summed E-state index contributed by atoms with van der Waals surface area (Å²) in [5.41, 5.74) is 0. The highest BCUT2D eigenvalue weighted by Crippen LogP contribution is 2.15. The van der Waals surface area contributed by atoms with Crippen LogP contribution >= 0.6 is 0 Å². The van der Waals surface area contributed by atoms with Crippen LogP contribution in [0.5, 0.6) is 0 Å². The Morgan fingerprint density at radius 3 is 1.96 bits per heavy atom. The number of esters is 2. The van der Waals surface area contributed by atoms with Crippen LogP contribution in [0.2, 0.25) is 0 Å². The molecule has 0 bridgehead atoms. The van der Waals surface area contributed by atoms with E-state index in [9.17, 15) is 14.4 Å². The Morgan fingerprint density at radius 1 is 0.870 bits per heavy atom. The average Bonchev–Trinajstić information content (AvgIpc) is 2.48. The minimum atomic E-state index is -0.528. The molecule has 7 nitrogen and oxygen atoms in total. The maximum Gasteiger partial charge on any atom is 0.410 e. The van der Waals surface area contributed by atoms with Gasteiger partial charge in [-0.3, -0.25) is 9.59 Å². The van der Waals surface area contributed by atoms with Gasteiger partial charge in [-0.25, -0.2) is 4.79 Å². The lowest BCUT2D eigenvalue weighted by atomic mass is 10.1. The lowest BCUT2D eigenvalue weighted by Gasteiger charge is -2.30. The summed E-state index contributed by atoms with van der Waals surface area (Å²) in [5, 5.41) is 0. The smallest absolute Gasteiger partial charge is 0.410 e. The molecular formula is C16H29NO6. The highest BCUT2D eigenvalue weighted by atomic mass is 16.6. The van der Waals surface area contributed by atoms with Crippen LogP contribution in [0.4, 0.5) is 4.79 Å². The van der Waals surface area contributed by atoms with E-state index in [0.29, 0.717) is 19.6 Å². The van der Waals surface area contributed by atoms with Gasteiger partial charge in [0.1, 0.15) is 0 Å². The lowest BCUT2D eigenvalue weighted by Crippen LogP contribution is -2.43. The minimum Gasteiger partial charge on any atom is -0.466 e. The number of carbonyl (C=O) groups is 3. The molecule has 134 valence electrons. The molecule has 0 heterocycles. The van der Waals surface area contributed by atoms with Gasteiger partial charge in [0.15, 0.2) is 0 Å². The van der Waals surface area contributed by atoms with E-state index in [-0.39, 0.29) is 44.0 Å². The van der Waals surface area contributed by atoms with Gasteiger partial charge in [-0.05, 0) is 27.2 Å². The molecule has 0 unspecified atom stereocenters. The molecular weight excluding hydrogens is 302 g/mol. The van der Waals surface area contributed by atoms with Crippen LogP contribution in [0.1, 0.15) is 53.4 Å². The maximum atomic E-state index is 12.2. The molecule has 7 heteroatoms. The number of ether oxygens (including phenoxy) is 3. The monoisotopic (exact) mass is 331 g/mol. The van der Waals surface area contributed by atoms with E-state index in [0.717, 1.165) is 6.42 Å². The summed E-state index contributed by atoms with van der Waals surface area (Å²) in [4.78, 5) is 36.9. The summed E-state index contributed by atoms with van der Waals surface area (Å²) in [5.74, 6) is -0.746. The first-order valence-corrected chi connectivity index (χ1v) is 8.24. The van der Waals surface area contributed by atoms with Crippen molar-refractivity contribution in [3.8, 4) is 0 Å². The second-order valence-corrected chi connectivity index (χ2v) is 4.90. The van der Waals surface area contributed by atoms with Gasteiger partial charge in [-0.1, -0.05) is 13.3 Å². The zero-order valence-electron chi connectivity index (χ0n) is 14.6. The summed E-state index contributed by atoms with van der Waals surface area (Å²) in [6, 6.07) is -0.354. The Hall–Kier alpha value is -1.79. The Kier molecular flexibility index (Phi) is 11.7. The summed E-state index contributed by atoms with van der Waals surface area (Å²) < 4.78 is 14.9. The molecule has 0 aliphatic heterocycles. The number of rotatable bonds is 11. The molecule has 0 aromatic rings. The van der Waals surface area contributed by atoms with Gasteiger partial charge < -0.3 is 19.1 Å². The molecule has 0 N–H and O–H groups in total. The van der Waals surface area contributed by atoms with Gasteiger partial charge in [0.05, 0.1) is 32.7 Å². The molecule has 0 aromatic heterocycles. The molecule has 0 aliphatic rings. The maximum absolute atomic E-state index is 12.2. The Bertz CT molecular complexity index is 372. The van der Waals surface area contributed by atoms with E-state index in [1.807, 2.05) is 6.92 Å². The third-order valence-electron chi connectivity index (χ3n) is 3.13. The Balaban J connectivity index is 4.95. The number of hydrogen-bond donors (Lipinski definition) is 0. The summed E-state index contributed by atoms with van der Waals surface area (Å²) >= 11 is 0. The van der Waals surface area contributed by atoms with Gasteiger partial charge in [0.2, 0.25) is 0 Å². The predicted molar refractivity (Wildman–Crippen MR) is 84.9 cm³/mol.